The smallest absolute Gasteiger partial charge is 0.263 e. The summed E-state index contributed by atoms with van der Waals surface area (Å²) in [6.07, 6.45) is 6.64. The first-order valence-electron chi connectivity index (χ1n) is 7.28. The molecule has 0 bridgehead atoms. The van der Waals surface area contributed by atoms with E-state index in [4.69, 9.17) is 9.47 Å². The van der Waals surface area contributed by atoms with Gasteiger partial charge in [0.2, 0.25) is 0 Å². The average molecular weight is 340 g/mol. The van der Waals surface area contributed by atoms with Gasteiger partial charge in [0, 0.05) is 5.75 Å². The second-order valence-corrected chi connectivity index (χ2v) is 10.7. The SMILES string of the molecule is COc1ccc2nc(CO)n(COCCS(C)(C)C)c(=O)c2c1. The van der Waals surface area contributed by atoms with Crippen LogP contribution in [0.25, 0.3) is 10.9 Å². The molecule has 0 amide bonds. The molecule has 0 saturated heterocycles. The zero-order valence-corrected chi connectivity index (χ0v) is 14.9. The lowest BCUT2D eigenvalue weighted by Gasteiger charge is -2.24. The number of hydrogen-bond donors (Lipinski definition) is 1. The Balaban J connectivity index is 2.30. The fourth-order valence-corrected chi connectivity index (χ4v) is 2.71. The summed E-state index contributed by atoms with van der Waals surface area (Å²) in [7, 11) is 0.907. The number of aromatic nitrogens is 2. The van der Waals surface area contributed by atoms with Crippen LogP contribution in [0.4, 0.5) is 0 Å². The topological polar surface area (TPSA) is 73.6 Å². The number of aliphatic hydroxyl groups is 1. The van der Waals surface area contributed by atoms with Gasteiger partial charge in [0.1, 0.15) is 24.9 Å². The maximum Gasteiger partial charge on any atom is 0.263 e. The van der Waals surface area contributed by atoms with Gasteiger partial charge in [-0.25, -0.2) is 15.0 Å². The van der Waals surface area contributed by atoms with E-state index in [1.165, 1.54) is 4.57 Å². The van der Waals surface area contributed by atoms with Crippen molar-refractivity contribution in [3.8, 4) is 5.75 Å². The summed E-state index contributed by atoms with van der Waals surface area (Å²) in [6, 6.07) is 5.10. The molecule has 0 aliphatic rings. The Labute approximate surface area is 137 Å². The van der Waals surface area contributed by atoms with Crippen molar-refractivity contribution in [2.75, 3.05) is 38.2 Å². The Hall–Kier alpha value is -1.57. The highest BCUT2D eigenvalue weighted by atomic mass is 32.3. The van der Waals surface area contributed by atoms with E-state index in [2.05, 4.69) is 23.8 Å². The van der Waals surface area contributed by atoms with E-state index in [1.54, 1.807) is 25.3 Å². The van der Waals surface area contributed by atoms with Crippen molar-refractivity contribution in [2.24, 2.45) is 0 Å². The van der Waals surface area contributed by atoms with E-state index in [0.717, 1.165) is 5.75 Å². The molecule has 23 heavy (non-hydrogen) atoms. The van der Waals surface area contributed by atoms with Crippen LogP contribution in [0.2, 0.25) is 0 Å². The van der Waals surface area contributed by atoms with Gasteiger partial charge in [0.05, 0.1) is 24.6 Å². The highest BCUT2D eigenvalue weighted by Gasteiger charge is 2.12. The molecule has 0 aliphatic carbocycles. The van der Waals surface area contributed by atoms with Crippen molar-refractivity contribution in [2.45, 2.75) is 13.3 Å². The molecule has 0 fully saturated rings. The zero-order valence-electron chi connectivity index (χ0n) is 14.0. The Morgan fingerprint density at radius 1 is 1.30 bits per heavy atom. The summed E-state index contributed by atoms with van der Waals surface area (Å²) in [5, 5.41) is 9.94. The van der Waals surface area contributed by atoms with Crippen molar-refractivity contribution in [3.05, 3.63) is 34.4 Å². The molecule has 128 valence electrons. The predicted molar refractivity (Wildman–Crippen MR) is 94.7 cm³/mol. The predicted octanol–water partition coefficient (Wildman–Crippen LogP) is 1.57. The van der Waals surface area contributed by atoms with Gasteiger partial charge < -0.3 is 14.6 Å². The summed E-state index contributed by atoms with van der Waals surface area (Å²) in [4.78, 5) is 17.0. The van der Waals surface area contributed by atoms with Gasteiger partial charge in [-0.2, -0.15) is 0 Å². The summed E-state index contributed by atoms with van der Waals surface area (Å²) in [5.74, 6) is 1.86. The maximum atomic E-state index is 12.6. The molecule has 1 aromatic carbocycles. The number of rotatable bonds is 7. The third-order valence-corrected chi connectivity index (χ3v) is 4.83. The van der Waals surface area contributed by atoms with Gasteiger partial charge in [-0.3, -0.25) is 9.36 Å². The van der Waals surface area contributed by atoms with Crippen LogP contribution in [0, 0.1) is 0 Å². The quantitative estimate of drug-likeness (QED) is 0.775. The number of hydrogen-bond acceptors (Lipinski definition) is 5. The summed E-state index contributed by atoms with van der Waals surface area (Å²) < 4.78 is 12.2. The third-order valence-electron chi connectivity index (χ3n) is 3.44. The molecule has 1 heterocycles. The molecule has 2 rings (SSSR count). The van der Waals surface area contributed by atoms with E-state index in [9.17, 15) is 9.90 Å². The third kappa shape index (κ3) is 4.46. The molecule has 0 aliphatic heterocycles. The van der Waals surface area contributed by atoms with Crippen LogP contribution in [-0.2, 0) is 18.1 Å². The lowest BCUT2D eigenvalue weighted by atomic mass is 10.2. The van der Waals surface area contributed by atoms with E-state index in [1.807, 2.05) is 0 Å². The van der Waals surface area contributed by atoms with E-state index < -0.39 is 10.0 Å². The van der Waals surface area contributed by atoms with Gasteiger partial charge >= 0.3 is 0 Å². The van der Waals surface area contributed by atoms with Gasteiger partial charge in [-0.05, 0) is 37.0 Å². The molecule has 1 N–H and O–H groups in total. The first-order chi connectivity index (χ1) is 10.9. The first-order valence-corrected chi connectivity index (χ1v) is 10.3. The summed E-state index contributed by atoms with van der Waals surface area (Å²) in [6.45, 7) is 0.349. The lowest BCUT2D eigenvalue weighted by Crippen LogP contribution is -2.27. The molecule has 0 saturated carbocycles. The van der Waals surface area contributed by atoms with Crippen LogP contribution in [0.15, 0.2) is 23.0 Å². The second-order valence-electron chi connectivity index (χ2n) is 6.13. The van der Waals surface area contributed by atoms with Crippen LogP contribution in [0.5, 0.6) is 5.75 Å². The van der Waals surface area contributed by atoms with Gasteiger partial charge in [-0.1, -0.05) is 0 Å². The highest BCUT2D eigenvalue weighted by molar-refractivity contribution is 8.32. The Morgan fingerprint density at radius 2 is 2.04 bits per heavy atom. The zero-order chi connectivity index (χ0) is 17.0. The standard InChI is InChI=1S/C16H24N2O4S/c1-21-12-5-6-14-13(9-12)16(20)18(15(10-19)17-14)11-22-7-8-23(2,3)4/h5-6,9,19H,7-8,10-11H2,1-4H3. The summed E-state index contributed by atoms with van der Waals surface area (Å²) >= 11 is 0. The second kappa shape index (κ2) is 7.33. The largest absolute Gasteiger partial charge is 0.497 e. The van der Waals surface area contributed by atoms with Gasteiger partial charge in [0.15, 0.2) is 0 Å². The van der Waals surface area contributed by atoms with Crippen LogP contribution in [0.1, 0.15) is 5.82 Å². The van der Waals surface area contributed by atoms with Crippen molar-refractivity contribution in [3.63, 3.8) is 0 Å². The van der Waals surface area contributed by atoms with Crippen LogP contribution in [-0.4, -0.2) is 52.9 Å². The highest BCUT2D eigenvalue weighted by Crippen LogP contribution is 2.33. The number of methoxy groups -OCH3 is 1. The molecule has 0 spiro atoms. The molecule has 0 radical (unpaired) electrons. The molecule has 7 heteroatoms. The van der Waals surface area contributed by atoms with Crippen LogP contribution in [0.3, 0.4) is 0 Å². The van der Waals surface area contributed by atoms with E-state index in [0.29, 0.717) is 29.1 Å². The maximum absolute atomic E-state index is 12.6. The lowest BCUT2D eigenvalue weighted by molar-refractivity contribution is 0.0807. The van der Waals surface area contributed by atoms with Gasteiger partial charge in [-0.15, -0.1) is 0 Å². The van der Waals surface area contributed by atoms with Crippen molar-refractivity contribution in [1.29, 1.82) is 0 Å². The number of ether oxygens (including phenoxy) is 2. The van der Waals surface area contributed by atoms with Crippen molar-refractivity contribution < 1.29 is 14.6 Å². The number of benzene rings is 1. The summed E-state index contributed by atoms with van der Waals surface area (Å²) in [5.41, 5.74) is 0.302. The molecular weight excluding hydrogens is 316 g/mol. The fraction of sp³-hybridized carbons (Fsp3) is 0.500. The van der Waals surface area contributed by atoms with Crippen LogP contribution < -0.4 is 10.3 Å². The Bertz CT molecular complexity index is 737. The molecule has 0 atom stereocenters. The van der Waals surface area contributed by atoms with Crippen molar-refractivity contribution >= 4 is 20.9 Å². The molecular formula is C16H24N2O4S. The molecule has 0 unspecified atom stereocenters. The number of aliphatic hydroxyl groups excluding tert-OH is 1. The van der Waals surface area contributed by atoms with Crippen molar-refractivity contribution in [1.82, 2.24) is 9.55 Å². The minimum absolute atomic E-state index is 0.0877. The minimum atomic E-state index is -0.642. The van der Waals surface area contributed by atoms with Gasteiger partial charge in [0.25, 0.3) is 5.56 Å². The Kier molecular flexibility index (Phi) is 5.67. The van der Waals surface area contributed by atoms with E-state index >= 15 is 0 Å². The molecule has 1 aromatic heterocycles. The average Bonchev–Trinajstić information content (AvgIpc) is 2.51. The van der Waals surface area contributed by atoms with Crippen LogP contribution >= 0.6 is 10.0 Å². The van der Waals surface area contributed by atoms with E-state index in [-0.39, 0.29) is 18.9 Å². The fourth-order valence-electron chi connectivity index (χ4n) is 2.09. The monoisotopic (exact) mass is 340 g/mol. The molecule has 6 nitrogen and oxygen atoms in total. The minimum Gasteiger partial charge on any atom is -0.497 e. The Morgan fingerprint density at radius 3 is 2.65 bits per heavy atom. The normalized spacial score (nSPS) is 12.6. The number of nitrogens with zero attached hydrogens (tertiary/aromatic N) is 2. The number of fused-ring (bicyclic) bond motifs is 1. The first kappa shape index (κ1) is 17.8. The molecule has 2 aromatic rings.